The molecule has 1 heterocycles. The van der Waals surface area contributed by atoms with E-state index in [0.717, 1.165) is 22.4 Å². The molecule has 0 unspecified atom stereocenters. The fraction of sp³-hybridized carbons (Fsp3) is 0.138. The third-order valence-electron chi connectivity index (χ3n) is 6.43. The molecule has 0 fully saturated rings. The van der Waals surface area contributed by atoms with Crippen LogP contribution in [0.2, 0.25) is 0 Å². The average Bonchev–Trinajstić information content (AvgIpc) is 2.80. The monoisotopic (exact) mass is 400 g/mol. The predicted molar refractivity (Wildman–Crippen MR) is 128 cm³/mol. The summed E-state index contributed by atoms with van der Waals surface area (Å²) in [5, 5.41) is 9.29. The van der Waals surface area contributed by atoms with Crippen LogP contribution < -0.4 is 4.90 Å². The number of hydrogen-bond acceptors (Lipinski definition) is 2. The minimum absolute atomic E-state index is 0.0804. The van der Waals surface area contributed by atoms with Gasteiger partial charge in [0.1, 0.15) is 0 Å². The van der Waals surface area contributed by atoms with Gasteiger partial charge in [-0.05, 0) is 59.5 Å². The second kappa shape index (κ2) is 7.15. The zero-order valence-electron chi connectivity index (χ0n) is 18.1. The van der Waals surface area contributed by atoms with Crippen LogP contribution in [0.15, 0.2) is 91.0 Å². The maximum Gasteiger partial charge on any atom is 0.0991 e. The number of anilines is 3. The molecule has 0 radical (unpaired) electrons. The van der Waals surface area contributed by atoms with Crippen LogP contribution in [0.4, 0.5) is 17.1 Å². The molecule has 2 heteroatoms. The van der Waals surface area contributed by atoms with Crippen molar-refractivity contribution in [1.82, 2.24) is 0 Å². The summed E-state index contributed by atoms with van der Waals surface area (Å²) in [6.45, 7) is 6.69. The molecule has 0 N–H and O–H groups in total. The Morgan fingerprint density at radius 2 is 1.23 bits per heavy atom. The van der Waals surface area contributed by atoms with Gasteiger partial charge in [0.15, 0.2) is 0 Å². The third-order valence-corrected chi connectivity index (χ3v) is 6.43. The normalized spacial score (nSPS) is 13.8. The van der Waals surface area contributed by atoms with Crippen LogP contribution in [0, 0.1) is 18.3 Å². The minimum atomic E-state index is -0.0804. The molecule has 150 valence electrons. The molecule has 0 saturated carbocycles. The van der Waals surface area contributed by atoms with Crippen LogP contribution in [0.25, 0.3) is 11.1 Å². The third kappa shape index (κ3) is 2.94. The van der Waals surface area contributed by atoms with Gasteiger partial charge >= 0.3 is 0 Å². The van der Waals surface area contributed by atoms with E-state index in [4.69, 9.17) is 0 Å². The highest BCUT2D eigenvalue weighted by atomic mass is 15.2. The first-order valence-corrected chi connectivity index (χ1v) is 10.6. The van der Waals surface area contributed by atoms with E-state index in [1.54, 1.807) is 0 Å². The predicted octanol–water partition coefficient (Wildman–Crippen LogP) is 7.64. The number of nitrogens with zero attached hydrogens (tertiary/aromatic N) is 2. The van der Waals surface area contributed by atoms with E-state index in [0.29, 0.717) is 5.56 Å². The lowest BCUT2D eigenvalue weighted by molar-refractivity contribution is 0.632. The van der Waals surface area contributed by atoms with Gasteiger partial charge in [-0.3, -0.25) is 0 Å². The van der Waals surface area contributed by atoms with Crippen molar-refractivity contribution in [3.05, 3.63) is 113 Å². The van der Waals surface area contributed by atoms with Crippen molar-refractivity contribution in [2.45, 2.75) is 26.2 Å². The van der Waals surface area contributed by atoms with Crippen molar-refractivity contribution < 1.29 is 0 Å². The number of rotatable bonds is 2. The van der Waals surface area contributed by atoms with Crippen LogP contribution >= 0.6 is 0 Å². The molecule has 0 aliphatic carbocycles. The molecule has 0 atom stereocenters. The molecular formula is C29H24N2. The average molecular weight is 401 g/mol. The Morgan fingerprint density at radius 1 is 0.677 bits per heavy atom. The molecule has 0 spiro atoms. The first-order chi connectivity index (χ1) is 15.0. The molecule has 4 aromatic carbocycles. The van der Waals surface area contributed by atoms with Crippen molar-refractivity contribution in [1.29, 1.82) is 5.26 Å². The number of fused-ring (bicyclic) bond motifs is 2. The molecule has 1 aliphatic rings. The number of hydrogen-bond donors (Lipinski definition) is 0. The van der Waals surface area contributed by atoms with E-state index in [1.165, 1.54) is 22.5 Å². The first-order valence-electron chi connectivity index (χ1n) is 10.6. The van der Waals surface area contributed by atoms with E-state index in [-0.39, 0.29) is 5.41 Å². The molecule has 0 bridgehead atoms. The van der Waals surface area contributed by atoms with Crippen molar-refractivity contribution in [3.63, 3.8) is 0 Å². The molecule has 0 amide bonds. The molecule has 2 nitrogen and oxygen atoms in total. The summed E-state index contributed by atoms with van der Waals surface area (Å²) < 4.78 is 0. The Labute approximate surface area is 184 Å². The lowest BCUT2D eigenvalue weighted by Crippen LogP contribution is -2.30. The molecule has 0 aromatic heterocycles. The Bertz CT molecular complexity index is 1290. The summed E-state index contributed by atoms with van der Waals surface area (Å²) in [6.07, 6.45) is 0. The maximum atomic E-state index is 9.29. The zero-order chi connectivity index (χ0) is 21.6. The summed E-state index contributed by atoms with van der Waals surface area (Å²) in [6, 6.07) is 34.2. The highest BCUT2D eigenvalue weighted by Crippen LogP contribution is 2.53. The van der Waals surface area contributed by atoms with Gasteiger partial charge in [-0.2, -0.15) is 5.26 Å². The Morgan fingerprint density at radius 3 is 1.81 bits per heavy atom. The smallest absolute Gasteiger partial charge is 0.0991 e. The fourth-order valence-electron chi connectivity index (χ4n) is 4.86. The van der Waals surface area contributed by atoms with Crippen molar-refractivity contribution >= 4 is 17.1 Å². The summed E-state index contributed by atoms with van der Waals surface area (Å²) >= 11 is 0. The topological polar surface area (TPSA) is 27.0 Å². The van der Waals surface area contributed by atoms with Gasteiger partial charge in [0.05, 0.1) is 28.7 Å². The first kappa shape index (κ1) is 19.2. The lowest BCUT2D eigenvalue weighted by Gasteiger charge is -2.42. The highest BCUT2D eigenvalue weighted by Gasteiger charge is 2.36. The zero-order valence-corrected chi connectivity index (χ0v) is 18.1. The number of para-hydroxylation sites is 3. The Balaban J connectivity index is 1.80. The summed E-state index contributed by atoms with van der Waals surface area (Å²) in [7, 11) is 0. The van der Waals surface area contributed by atoms with Crippen LogP contribution in [-0.2, 0) is 5.41 Å². The van der Waals surface area contributed by atoms with Crippen molar-refractivity contribution in [2.24, 2.45) is 0 Å². The summed E-state index contributed by atoms with van der Waals surface area (Å²) in [4.78, 5) is 2.39. The maximum absolute atomic E-state index is 9.29. The quantitative estimate of drug-likeness (QED) is 0.346. The lowest BCUT2D eigenvalue weighted by atomic mass is 9.73. The van der Waals surface area contributed by atoms with E-state index in [2.05, 4.69) is 111 Å². The van der Waals surface area contributed by atoms with E-state index < -0.39 is 0 Å². The molecule has 5 rings (SSSR count). The van der Waals surface area contributed by atoms with Crippen LogP contribution in [0.5, 0.6) is 0 Å². The van der Waals surface area contributed by atoms with Gasteiger partial charge in [-0.1, -0.05) is 74.5 Å². The van der Waals surface area contributed by atoms with Gasteiger partial charge in [-0.15, -0.1) is 0 Å². The van der Waals surface area contributed by atoms with Gasteiger partial charge in [-0.25, -0.2) is 0 Å². The summed E-state index contributed by atoms with van der Waals surface area (Å²) in [5.41, 5.74) is 10.2. The second-order valence-electron chi connectivity index (χ2n) is 8.65. The standard InChI is InChI=1S/C29H24N2/c1-20-18-21(19-30)16-17-22(20)23-10-4-7-13-26(23)31-27-14-8-5-11-24(27)29(2,3)25-12-6-9-15-28(25)31/h4-18H,1-3H3. The van der Waals surface area contributed by atoms with Crippen molar-refractivity contribution in [2.75, 3.05) is 4.90 Å². The Kier molecular flexibility index (Phi) is 4.41. The van der Waals surface area contributed by atoms with Crippen LogP contribution in [-0.4, -0.2) is 0 Å². The van der Waals surface area contributed by atoms with Crippen molar-refractivity contribution in [3.8, 4) is 17.2 Å². The van der Waals surface area contributed by atoms with Gasteiger partial charge in [0.2, 0.25) is 0 Å². The van der Waals surface area contributed by atoms with Gasteiger partial charge in [0, 0.05) is 11.0 Å². The van der Waals surface area contributed by atoms with E-state index in [1.807, 2.05) is 12.1 Å². The molecular weight excluding hydrogens is 376 g/mol. The Hall–Kier alpha value is -3.83. The van der Waals surface area contributed by atoms with Gasteiger partial charge < -0.3 is 4.90 Å². The van der Waals surface area contributed by atoms with E-state index in [9.17, 15) is 5.26 Å². The molecule has 31 heavy (non-hydrogen) atoms. The SMILES string of the molecule is Cc1cc(C#N)ccc1-c1ccccc1N1c2ccccc2C(C)(C)c2ccccc21. The number of aryl methyl sites for hydroxylation is 1. The fourth-order valence-corrected chi connectivity index (χ4v) is 4.86. The molecule has 1 aliphatic heterocycles. The minimum Gasteiger partial charge on any atom is -0.309 e. The largest absolute Gasteiger partial charge is 0.309 e. The molecule has 0 saturated heterocycles. The van der Waals surface area contributed by atoms with E-state index >= 15 is 0 Å². The van der Waals surface area contributed by atoms with Gasteiger partial charge in [0.25, 0.3) is 0 Å². The summed E-state index contributed by atoms with van der Waals surface area (Å²) in [5.74, 6) is 0. The van der Waals surface area contributed by atoms with Crippen LogP contribution in [0.3, 0.4) is 0 Å². The molecule has 4 aromatic rings. The highest BCUT2D eigenvalue weighted by molar-refractivity contribution is 5.93. The number of nitriles is 1. The van der Waals surface area contributed by atoms with Crippen LogP contribution in [0.1, 0.15) is 36.1 Å². The second-order valence-corrected chi connectivity index (χ2v) is 8.65. The number of benzene rings is 4.